The molecule has 1 unspecified atom stereocenters. The summed E-state index contributed by atoms with van der Waals surface area (Å²) in [5.41, 5.74) is 4.53. The van der Waals surface area contributed by atoms with Crippen LogP contribution in [0.3, 0.4) is 0 Å². The quantitative estimate of drug-likeness (QED) is 0.602. The van der Waals surface area contributed by atoms with Crippen molar-refractivity contribution in [3.8, 4) is 0 Å². The number of fused-ring (bicyclic) bond motifs is 2. The van der Waals surface area contributed by atoms with Gasteiger partial charge in [-0.3, -0.25) is 4.90 Å². The first-order chi connectivity index (χ1) is 11.9. The highest BCUT2D eigenvalue weighted by Gasteiger charge is 2.32. The molecule has 5 rings (SSSR count). The van der Waals surface area contributed by atoms with Gasteiger partial charge < -0.3 is 9.97 Å². The highest BCUT2D eigenvalue weighted by atomic mass is 32.1. The van der Waals surface area contributed by atoms with E-state index in [0.717, 1.165) is 42.1 Å². The van der Waals surface area contributed by atoms with Crippen molar-refractivity contribution >= 4 is 22.4 Å². The fourth-order valence-electron chi connectivity index (χ4n) is 3.53. The van der Waals surface area contributed by atoms with Gasteiger partial charge in [0.1, 0.15) is 5.82 Å². The fraction of sp³-hybridized carbons (Fsp3) is 0.222. The summed E-state index contributed by atoms with van der Waals surface area (Å²) in [6.07, 6.45) is 2.81. The molecule has 1 aliphatic rings. The fourth-order valence-corrected chi connectivity index (χ4v) is 4.39. The lowest BCUT2D eigenvalue weighted by Crippen LogP contribution is -2.35. The molecule has 120 valence electrons. The van der Waals surface area contributed by atoms with Gasteiger partial charge in [-0.2, -0.15) is 0 Å². The average molecular weight is 335 g/mol. The van der Waals surface area contributed by atoms with Gasteiger partial charge in [0.25, 0.3) is 0 Å². The third-order valence-corrected chi connectivity index (χ3v) is 5.55. The molecule has 6 heteroatoms. The first kappa shape index (κ1) is 13.9. The second-order valence-electron chi connectivity index (χ2n) is 6.11. The zero-order valence-corrected chi connectivity index (χ0v) is 13.9. The zero-order chi connectivity index (χ0) is 15.9. The van der Waals surface area contributed by atoms with Gasteiger partial charge in [0.05, 0.1) is 35.6 Å². The standard InChI is InChI=1S/C18H17N5S/c1-2-5-13-12(4-1)21-16(22-13)10-23-8-7-14-17(20-11-19-14)18(23)15-6-3-9-24-15/h1-6,9,11,18H,7-8,10H2,(H,19,20)(H,21,22). The Hall–Kier alpha value is -2.44. The number of aromatic amines is 2. The molecule has 5 nitrogen and oxygen atoms in total. The molecule has 1 atom stereocenters. The number of nitrogens with zero attached hydrogens (tertiary/aromatic N) is 3. The summed E-state index contributed by atoms with van der Waals surface area (Å²) in [5, 5.41) is 2.13. The van der Waals surface area contributed by atoms with Gasteiger partial charge in [-0.15, -0.1) is 11.3 Å². The summed E-state index contributed by atoms with van der Waals surface area (Å²) < 4.78 is 0. The van der Waals surface area contributed by atoms with E-state index in [1.54, 1.807) is 11.3 Å². The number of imidazole rings is 2. The minimum Gasteiger partial charge on any atom is -0.348 e. The van der Waals surface area contributed by atoms with Crippen LogP contribution in [0.2, 0.25) is 0 Å². The van der Waals surface area contributed by atoms with Gasteiger partial charge in [0.2, 0.25) is 0 Å². The largest absolute Gasteiger partial charge is 0.348 e. The van der Waals surface area contributed by atoms with Crippen molar-refractivity contribution in [2.45, 2.75) is 19.0 Å². The molecule has 0 radical (unpaired) electrons. The number of rotatable bonds is 3. The number of H-pyrrole nitrogens is 2. The first-order valence-corrected chi connectivity index (χ1v) is 8.99. The predicted molar refractivity (Wildman–Crippen MR) is 95.0 cm³/mol. The average Bonchev–Trinajstić information content (AvgIpc) is 3.34. The molecule has 4 heterocycles. The summed E-state index contributed by atoms with van der Waals surface area (Å²) in [5.74, 6) is 1.01. The van der Waals surface area contributed by atoms with E-state index in [1.807, 2.05) is 24.5 Å². The van der Waals surface area contributed by atoms with Crippen LogP contribution in [-0.2, 0) is 13.0 Å². The predicted octanol–water partition coefficient (Wildman–Crippen LogP) is 3.50. The van der Waals surface area contributed by atoms with E-state index in [4.69, 9.17) is 4.98 Å². The lowest BCUT2D eigenvalue weighted by Gasteiger charge is -2.33. The van der Waals surface area contributed by atoms with Crippen LogP contribution in [0.15, 0.2) is 48.1 Å². The van der Waals surface area contributed by atoms with E-state index < -0.39 is 0 Å². The Morgan fingerprint density at radius 2 is 2.17 bits per heavy atom. The molecule has 4 aromatic rings. The minimum atomic E-state index is 0.202. The van der Waals surface area contributed by atoms with Crippen molar-refractivity contribution < 1.29 is 0 Å². The summed E-state index contributed by atoms with van der Waals surface area (Å²) in [4.78, 5) is 19.9. The Balaban J connectivity index is 1.52. The SMILES string of the molecule is c1csc(C2c3nc[nH]c3CCN2Cc2nc3ccccc3[nH]2)c1. The highest BCUT2D eigenvalue weighted by molar-refractivity contribution is 7.10. The zero-order valence-electron chi connectivity index (χ0n) is 13.1. The summed E-state index contributed by atoms with van der Waals surface area (Å²) in [6.45, 7) is 1.79. The molecule has 0 saturated heterocycles. The molecule has 0 fully saturated rings. The molecule has 0 amide bonds. The topological polar surface area (TPSA) is 60.6 Å². The second-order valence-corrected chi connectivity index (χ2v) is 7.08. The number of para-hydroxylation sites is 2. The molecule has 1 aromatic carbocycles. The van der Waals surface area contributed by atoms with Crippen molar-refractivity contribution in [2.75, 3.05) is 6.54 Å². The van der Waals surface area contributed by atoms with Crippen LogP contribution in [0.1, 0.15) is 28.1 Å². The van der Waals surface area contributed by atoms with Crippen LogP contribution in [0.25, 0.3) is 11.0 Å². The van der Waals surface area contributed by atoms with E-state index in [2.05, 4.69) is 43.4 Å². The Kier molecular flexibility index (Phi) is 3.24. The van der Waals surface area contributed by atoms with Gasteiger partial charge >= 0.3 is 0 Å². The van der Waals surface area contributed by atoms with Crippen LogP contribution in [0.4, 0.5) is 0 Å². The first-order valence-electron chi connectivity index (χ1n) is 8.12. The van der Waals surface area contributed by atoms with E-state index in [9.17, 15) is 0 Å². The monoisotopic (exact) mass is 335 g/mol. The summed E-state index contributed by atoms with van der Waals surface area (Å²) in [7, 11) is 0. The van der Waals surface area contributed by atoms with E-state index >= 15 is 0 Å². The number of benzene rings is 1. The number of nitrogens with one attached hydrogen (secondary N) is 2. The highest BCUT2D eigenvalue weighted by Crippen LogP contribution is 2.36. The van der Waals surface area contributed by atoms with Crippen molar-refractivity contribution in [1.29, 1.82) is 0 Å². The number of hydrogen-bond acceptors (Lipinski definition) is 4. The lowest BCUT2D eigenvalue weighted by atomic mass is 10.0. The molecular formula is C18H17N5S. The summed E-state index contributed by atoms with van der Waals surface area (Å²) >= 11 is 1.79. The molecule has 3 aromatic heterocycles. The van der Waals surface area contributed by atoms with Crippen LogP contribution < -0.4 is 0 Å². The maximum absolute atomic E-state index is 4.74. The molecule has 2 N–H and O–H groups in total. The number of hydrogen-bond donors (Lipinski definition) is 2. The Bertz CT molecular complexity index is 935. The number of thiophene rings is 1. The van der Waals surface area contributed by atoms with Crippen LogP contribution in [0, 0.1) is 0 Å². The van der Waals surface area contributed by atoms with E-state index in [-0.39, 0.29) is 6.04 Å². The van der Waals surface area contributed by atoms with Crippen LogP contribution in [-0.4, -0.2) is 31.4 Å². The molecule has 24 heavy (non-hydrogen) atoms. The third kappa shape index (κ3) is 2.26. The van der Waals surface area contributed by atoms with Gasteiger partial charge in [-0.25, -0.2) is 9.97 Å². The van der Waals surface area contributed by atoms with Crippen LogP contribution in [0.5, 0.6) is 0 Å². The smallest absolute Gasteiger partial charge is 0.121 e. The molecule has 0 spiro atoms. The van der Waals surface area contributed by atoms with Crippen LogP contribution >= 0.6 is 11.3 Å². The van der Waals surface area contributed by atoms with E-state index in [0.29, 0.717) is 0 Å². The summed E-state index contributed by atoms with van der Waals surface area (Å²) in [6, 6.07) is 12.7. The minimum absolute atomic E-state index is 0.202. The van der Waals surface area contributed by atoms with Gasteiger partial charge in [-0.1, -0.05) is 18.2 Å². The maximum atomic E-state index is 4.74. The Labute approximate surface area is 143 Å². The second kappa shape index (κ2) is 5.58. The van der Waals surface area contributed by atoms with Crippen molar-refractivity contribution in [3.63, 3.8) is 0 Å². The van der Waals surface area contributed by atoms with Gasteiger partial charge in [0, 0.05) is 23.5 Å². The molecule has 1 aliphatic heterocycles. The molecule has 0 bridgehead atoms. The van der Waals surface area contributed by atoms with Crippen molar-refractivity contribution in [1.82, 2.24) is 24.8 Å². The van der Waals surface area contributed by atoms with Crippen molar-refractivity contribution in [3.05, 3.63) is 70.2 Å². The van der Waals surface area contributed by atoms with Gasteiger partial charge in [0.15, 0.2) is 0 Å². The normalized spacial score (nSPS) is 18.1. The maximum Gasteiger partial charge on any atom is 0.121 e. The molecule has 0 saturated carbocycles. The van der Waals surface area contributed by atoms with E-state index in [1.165, 1.54) is 10.6 Å². The van der Waals surface area contributed by atoms with Gasteiger partial charge in [-0.05, 0) is 23.6 Å². The molecular weight excluding hydrogens is 318 g/mol. The van der Waals surface area contributed by atoms with Crippen molar-refractivity contribution in [2.24, 2.45) is 0 Å². The number of aromatic nitrogens is 4. The molecule has 0 aliphatic carbocycles. The Morgan fingerprint density at radius 1 is 1.21 bits per heavy atom. The lowest BCUT2D eigenvalue weighted by molar-refractivity contribution is 0.198. The Morgan fingerprint density at radius 3 is 3.04 bits per heavy atom. The third-order valence-electron chi connectivity index (χ3n) is 4.63.